The summed E-state index contributed by atoms with van der Waals surface area (Å²) in [6, 6.07) is 0. The van der Waals surface area contributed by atoms with Crippen molar-refractivity contribution < 1.29 is 23.8 Å². The van der Waals surface area contributed by atoms with E-state index in [0.29, 0.717) is 26.4 Å². The van der Waals surface area contributed by atoms with Gasteiger partial charge in [0, 0.05) is 18.8 Å². The molecule has 0 aromatic rings. The fourth-order valence-electron chi connectivity index (χ4n) is 1.82. The summed E-state index contributed by atoms with van der Waals surface area (Å²) in [6.45, 7) is 14.9. The summed E-state index contributed by atoms with van der Waals surface area (Å²) >= 11 is 0. The number of esters is 2. The van der Waals surface area contributed by atoms with Crippen LogP contribution in [0.4, 0.5) is 0 Å². The molecule has 0 fully saturated rings. The number of hydrogen-bond acceptors (Lipinski definition) is 5. The number of carbonyl (C=O) groups excluding carboxylic acids is 2. The van der Waals surface area contributed by atoms with Crippen molar-refractivity contribution in [3.63, 3.8) is 0 Å². The van der Waals surface area contributed by atoms with Gasteiger partial charge in [-0.2, -0.15) is 0 Å². The van der Waals surface area contributed by atoms with E-state index in [4.69, 9.17) is 9.47 Å². The maximum Gasteiger partial charge on any atom is 0.330 e. The normalized spacial score (nSPS) is 9.76. The molecule has 0 aliphatic rings. The Kier molecular flexibility index (Phi) is 20.9. The standard InChI is InChI=1S/C13H24O2.C7H12O3/c1-4-13(14)15-11-9-7-5-6-8-10-12(2)3;1-3-7(8)10-6-5-9-4-2/h4,12H,1,5-11H2,2-3H3;3H,1,4-6H2,2H3. The molecule has 0 bridgehead atoms. The predicted molar refractivity (Wildman–Crippen MR) is 101 cm³/mol. The van der Waals surface area contributed by atoms with E-state index in [2.05, 4.69) is 31.7 Å². The number of unbranched alkanes of at least 4 members (excludes halogenated alkanes) is 4. The van der Waals surface area contributed by atoms with Crippen LogP contribution >= 0.6 is 0 Å². The summed E-state index contributed by atoms with van der Waals surface area (Å²) in [4.78, 5) is 21.1. The van der Waals surface area contributed by atoms with Crippen molar-refractivity contribution in [2.45, 2.75) is 59.3 Å². The van der Waals surface area contributed by atoms with Gasteiger partial charge in [0.2, 0.25) is 0 Å². The van der Waals surface area contributed by atoms with Crippen molar-refractivity contribution >= 4 is 11.9 Å². The lowest BCUT2D eigenvalue weighted by Crippen LogP contribution is -2.07. The van der Waals surface area contributed by atoms with Crippen LogP contribution in [0, 0.1) is 5.92 Å². The summed E-state index contributed by atoms with van der Waals surface area (Å²) in [5, 5.41) is 0. The Morgan fingerprint density at radius 2 is 1.36 bits per heavy atom. The Labute approximate surface area is 153 Å². The molecule has 0 aliphatic heterocycles. The van der Waals surface area contributed by atoms with Gasteiger partial charge >= 0.3 is 11.9 Å². The minimum atomic E-state index is -0.403. The van der Waals surface area contributed by atoms with E-state index in [-0.39, 0.29) is 5.97 Å². The van der Waals surface area contributed by atoms with Gasteiger partial charge in [-0.05, 0) is 19.3 Å². The van der Waals surface area contributed by atoms with Crippen LogP contribution in [-0.2, 0) is 23.8 Å². The molecule has 5 heteroatoms. The van der Waals surface area contributed by atoms with Crippen LogP contribution in [0.3, 0.4) is 0 Å². The highest BCUT2D eigenvalue weighted by molar-refractivity contribution is 5.81. The predicted octanol–water partition coefficient (Wildman–Crippen LogP) is 4.46. The Balaban J connectivity index is 0. The Morgan fingerprint density at radius 1 is 0.840 bits per heavy atom. The minimum absolute atomic E-state index is 0.304. The molecular weight excluding hydrogens is 320 g/mol. The molecule has 0 N–H and O–H groups in total. The highest BCUT2D eigenvalue weighted by Gasteiger charge is 1.96. The first-order valence-corrected chi connectivity index (χ1v) is 9.14. The van der Waals surface area contributed by atoms with E-state index in [9.17, 15) is 9.59 Å². The summed E-state index contributed by atoms with van der Waals surface area (Å²) in [5.74, 6) is 0.105. The lowest BCUT2D eigenvalue weighted by atomic mass is 10.0. The van der Waals surface area contributed by atoms with Crippen molar-refractivity contribution in [3.8, 4) is 0 Å². The topological polar surface area (TPSA) is 61.8 Å². The van der Waals surface area contributed by atoms with Crippen LogP contribution in [0.5, 0.6) is 0 Å². The van der Waals surface area contributed by atoms with Crippen LogP contribution in [0.1, 0.15) is 59.3 Å². The quantitative estimate of drug-likeness (QED) is 0.261. The molecule has 0 aromatic carbocycles. The van der Waals surface area contributed by atoms with E-state index in [1.807, 2.05) is 6.92 Å². The Bertz CT molecular complexity index is 350. The first kappa shape index (κ1) is 25.6. The monoisotopic (exact) mass is 356 g/mol. The van der Waals surface area contributed by atoms with Crippen molar-refractivity contribution in [1.29, 1.82) is 0 Å². The van der Waals surface area contributed by atoms with E-state index >= 15 is 0 Å². The van der Waals surface area contributed by atoms with E-state index in [1.165, 1.54) is 31.8 Å². The minimum Gasteiger partial charge on any atom is -0.463 e. The molecule has 0 saturated heterocycles. The van der Waals surface area contributed by atoms with Crippen molar-refractivity contribution in [3.05, 3.63) is 25.3 Å². The maximum absolute atomic E-state index is 10.7. The third-order valence-corrected chi connectivity index (χ3v) is 3.18. The van der Waals surface area contributed by atoms with Crippen molar-refractivity contribution in [2.75, 3.05) is 26.4 Å². The molecule has 0 amide bonds. The van der Waals surface area contributed by atoms with Gasteiger partial charge in [0.25, 0.3) is 0 Å². The lowest BCUT2D eigenvalue weighted by Gasteiger charge is -2.04. The van der Waals surface area contributed by atoms with Crippen LogP contribution in [-0.4, -0.2) is 38.4 Å². The average Bonchev–Trinajstić information content (AvgIpc) is 2.60. The lowest BCUT2D eigenvalue weighted by molar-refractivity contribution is -0.139. The maximum atomic E-state index is 10.7. The zero-order chi connectivity index (χ0) is 19.3. The highest BCUT2D eigenvalue weighted by atomic mass is 16.6. The fraction of sp³-hybridized carbons (Fsp3) is 0.700. The molecule has 0 unspecified atom stereocenters. The van der Waals surface area contributed by atoms with Crippen LogP contribution in [0.2, 0.25) is 0 Å². The number of ether oxygens (including phenoxy) is 3. The summed E-state index contributed by atoms with van der Waals surface area (Å²) in [6.07, 6.45) is 9.67. The molecule has 0 heterocycles. The van der Waals surface area contributed by atoms with Crippen molar-refractivity contribution in [2.24, 2.45) is 5.92 Å². The van der Waals surface area contributed by atoms with Gasteiger partial charge < -0.3 is 14.2 Å². The Morgan fingerprint density at radius 3 is 1.88 bits per heavy atom. The van der Waals surface area contributed by atoms with Gasteiger partial charge in [-0.3, -0.25) is 0 Å². The summed E-state index contributed by atoms with van der Waals surface area (Å²) in [5.41, 5.74) is 0. The van der Waals surface area contributed by atoms with Gasteiger partial charge in [-0.1, -0.05) is 59.1 Å². The molecule has 0 atom stereocenters. The van der Waals surface area contributed by atoms with E-state index < -0.39 is 5.97 Å². The number of rotatable bonds is 14. The smallest absolute Gasteiger partial charge is 0.330 e. The molecule has 25 heavy (non-hydrogen) atoms. The van der Waals surface area contributed by atoms with Crippen LogP contribution < -0.4 is 0 Å². The first-order chi connectivity index (χ1) is 12.0. The van der Waals surface area contributed by atoms with E-state index in [1.54, 1.807) is 0 Å². The van der Waals surface area contributed by atoms with Gasteiger partial charge in [0.05, 0.1) is 13.2 Å². The second-order valence-corrected chi connectivity index (χ2v) is 5.89. The molecule has 0 radical (unpaired) electrons. The Hall–Kier alpha value is -1.62. The summed E-state index contributed by atoms with van der Waals surface area (Å²) in [7, 11) is 0. The number of hydrogen-bond donors (Lipinski definition) is 0. The largest absolute Gasteiger partial charge is 0.463 e. The molecular formula is C20H36O5. The molecule has 0 saturated carbocycles. The van der Waals surface area contributed by atoms with Crippen LogP contribution in [0.25, 0.3) is 0 Å². The third kappa shape index (κ3) is 24.7. The second kappa shape index (κ2) is 20.4. The van der Waals surface area contributed by atoms with Gasteiger partial charge in [-0.15, -0.1) is 0 Å². The third-order valence-electron chi connectivity index (χ3n) is 3.18. The highest BCUT2D eigenvalue weighted by Crippen LogP contribution is 2.10. The zero-order valence-electron chi connectivity index (χ0n) is 16.3. The first-order valence-electron chi connectivity index (χ1n) is 9.14. The van der Waals surface area contributed by atoms with E-state index in [0.717, 1.165) is 24.8 Å². The zero-order valence-corrected chi connectivity index (χ0v) is 16.3. The fourth-order valence-corrected chi connectivity index (χ4v) is 1.82. The molecule has 5 nitrogen and oxygen atoms in total. The molecule has 0 spiro atoms. The summed E-state index contributed by atoms with van der Waals surface area (Å²) < 4.78 is 14.4. The molecule has 146 valence electrons. The second-order valence-electron chi connectivity index (χ2n) is 5.89. The molecule has 0 aromatic heterocycles. The van der Waals surface area contributed by atoms with Gasteiger partial charge in [0.15, 0.2) is 0 Å². The van der Waals surface area contributed by atoms with Crippen LogP contribution in [0.15, 0.2) is 25.3 Å². The van der Waals surface area contributed by atoms with Crippen molar-refractivity contribution in [1.82, 2.24) is 0 Å². The molecule has 0 rings (SSSR count). The number of carbonyl (C=O) groups is 2. The van der Waals surface area contributed by atoms with Gasteiger partial charge in [-0.25, -0.2) is 9.59 Å². The SMILES string of the molecule is C=CC(=O)OCCCCCCCC(C)C.C=CC(=O)OCCOCC. The molecule has 0 aliphatic carbocycles. The average molecular weight is 357 g/mol. The van der Waals surface area contributed by atoms with Gasteiger partial charge in [0.1, 0.15) is 6.61 Å².